The van der Waals surface area contributed by atoms with Gasteiger partial charge < -0.3 is 24.1 Å². The summed E-state index contributed by atoms with van der Waals surface area (Å²) in [6.45, 7) is 6.31. The number of carbonyl (C=O) groups excluding carboxylic acids is 1. The van der Waals surface area contributed by atoms with Crippen molar-refractivity contribution in [1.29, 1.82) is 0 Å². The molecule has 1 aromatic heterocycles. The van der Waals surface area contributed by atoms with Gasteiger partial charge in [-0.25, -0.2) is 4.79 Å². The first-order valence-electron chi connectivity index (χ1n) is 6.22. The van der Waals surface area contributed by atoms with Crippen molar-refractivity contribution in [3.63, 3.8) is 0 Å². The van der Waals surface area contributed by atoms with E-state index in [4.69, 9.17) is 19.2 Å². The SMILES string of the molecule is CC(C)(C)OC(=O)N1CCc2oc(B(O)O)cc2C1. The molecule has 2 N–H and O–H groups in total. The molecule has 0 radical (unpaired) electrons. The minimum absolute atomic E-state index is 0.107. The molecule has 1 aliphatic heterocycles. The number of carbonyl (C=O) groups is 1. The van der Waals surface area contributed by atoms with E-state index in [9.17, 15) is 4.79 Å². The third-order valence-electron chi connectivity index (χ3n) is 2.79. The van der Waals surface area contributed by atoms with Crippen LogP contribution < -0.4 is 5.66 Å². The molecule has 2 heterocycles. The zero-order valence-corrected chi connectivity index (χ0v) is 11.3. The van der Waals surface area contributed by atoms with E-state index in [-0.39, 0.29) is 11.8 Å². The Hall–Kier alpha value is -1.47. The Morgan fingerprint density at radius 1 is 1.47 bits per heavy atom. The summed E-state index contributed by atoms with van der Waals surface area (Å²) in [5, 5.41) is 18.1. The van der Waals surface area contributed by atoms with Crippen LogP contribution in [0, 0.1) is 0 Å². The molecule has 0 saturated carbocycles. The molecule has 0 fully saturated rings. The summed E-state index contributed by atoms with van der Waals surface area (Å²) >= 11 is 0. The molecule has 104 valence electrons. The van der Waals surface area contributed by atoms with Crippen LogP contribution in [0.1, 0.15) is 32.1 Å². The van der Waals surface area contributed by atoms with Crippen molar-refractivity contribution in [1.82, 2.24) is 4.90 Å². The Balaban J connectivity index is 2.07. The first-order chi connectivity index (χ1) is 8.76. The molecule has 1 aliphatic rings. The fourth-order valence-electron chi connectivity index (χ4n) is 1.97. The summed E-state index contributed by atoms with van der Waals surface area (Å²) in [5.74, 6) is 0.697. The Morgan fingerprint density at radius 2 is 2.16 bits per heavy atom. The third-order valence-corrected chi connectivity index (χ3v) is 2.79. The van der Waals surface area contributed by atoms with Crippen LogP contribution in [0.3, 0.4) is 0 Å². The van der Waals surface area contributed by atoms with E-state index in [1.54, 1.807) is 11.0 Å². The molecule has 0 unspecified atom stereocenters. The molecule has 0 saturated heterocycles. The second-order valence-electron chi connectivity index (χ2n) is 5.62. The monoisotopic (exact) mass is 267 g/mol. The topological polar surface area (TPSA) is 83.1 Å². The van der Waals surface area contributed by atoms with E-state index in [2.05, 4.69) is 0 Å². The zero-order valence-electron chi connectivity index (χ0n) is 11.3. The van der Waals surface area contributed by atoms with Crippen LogP contribution in [0.25, 0.3) is 0 Å². The number of nitrogens with zero attached hydrogens (tertiary/aromatic N) is 1. The summed E-state index contributed by atoms with van der Waals surface area (Å²) in [6, 6.07) is 1.57. The van der Waals surface area contributed by atoms with Crippen molar-refractivity contribution in [3.05, 3.63) is 17.4 Å². The Kier molecular flexibility index (Phi) is 3.60. The van der Waals surface area contributed by atoms with E-state index >= 15 is 0 Å². The molecular formula is C12H18BNO5. The number of furan rings is 1. The highest BCUT2D eigenvalue weighted by atomic mass is 16.6. The van der Waals surface area contributed by atoms with Gasteiger partial charge >= 0.3 is 13.2 Å². The first-order valence-corrected chi connectivity index (χ1v) is 6.22. The minimum atomic E-state index is -1.62. The van der Waals surface area contributed by atoms with Crippen molar-refractivity contribution in [2.24, 2.45) is 0 Å². The lowest BCUT2D eigenvalue weighted by molar-refractivity contribution is 0.0219. The predicted molar refractivity (Wildman–Crippen MR) is 68.9 cm³/mol. The number of hydrogen-bond acceptors (Lipinski definition) is 5. The van der Waals surface area contributed by atoms with E-state index < -0.39 is 12.7 Å². The number of hydrogen-bond donors (Lipinski definition) is 2. The van der Waals surface area contributed by atoms with Crippen molar-refractivity contribution < 1.29 is 24.0 Å². The second-order valence-corrected chi connectivity index (χ2v) is 5.62. The summed E-state index contributed by atoms with van der Waals surface area (Å²) < 4.78 is 10.6. The predicted octanol–water partition coefficient (Wildman–Crippen LogP) is 0.253. The fourth-order valence-corrected chi connectivity index (χ4v) is 1.97. The molecule has 1 aromatic rings. The standard InChI is InChI=1S/C12H18BNO5/c1-12(2,3)19-11(15)14-5-4-9-8(7-14)6-10(18-9)13(16)17/h6,16-17H,4-5,7H2,1-3H3. The molecule has 19 heavy (non-hydrogen) atoms. The van der Waals surface area contributed by atoms with Crippen LogP contribution in [0.2, 0.25) is 0 Å². The minimum Gasteiger partial charge on any atom is -0.469 e. The van der Waals surface area contributed by atoms with Gasteiger partial charge in [0.25, 0.3) is 0 Å². The van der Waals surface area contributed by atoms with Crippen LogP contribution in [0.5, 0.6) is 0 Å². The Morgan fingerprint density at radius 3 is 2.74 bits per heavy atom. The highest BCUT2D eigenvalue weighted by Gasteiger charge is 2.29. The Bertz CT molecular complexity index is 477. The number of amides is 1. The number of ether oxygens (including phenoxy) is 1. The lowest BCUT2D eigenvalue weighted by Crippen LogP contribution is -2.39. The lowest BCUT2D eigenvalue weighted by atomic mass is 9.87. The van der Waals surface area contributed by atoms with Crippen LogP contribution >= 0.6 is 0 Å². The molecule has 6 nitrogen and oxygen atoms in total. The highest BCUT2D eigenvalue weighted by Crippen LogP contribution is 2.21. The zero-order chi connectivity index (χ0) is 14.2. The molecule has 0 aromatic carbocycles. The van der Waals surface area contributed by atoms with Crippen LogP contribution in [-0.4, -0.2) is 40.3 Å². The maximum absolute atomic E-state index is 11.9. The van der Waals surface area contributed by atoms with Gasteiger partial charge in [0.1, 0.15) is 17.0 Å². The largest absolute Gasteiger partial charge is 0.526 e. The molecule has 0 spiro atoms. The highest BCUT2D eigenvalue weighted by molar-refractivity contribution is 6.57. The van der Waals surface area contributed by atoms with E-state index in [0.29, 0.717) is 25.3 Å². The summed E-state index contributed by atoms with van der Waals surface area (Å²) in [5.41, 5.74) is 0.372. The normalized spacial score (nSPS) is 15.1. The number of fused-ring (bicyclic) bond motifs is 1. The van der Waals surface area contributed by atoms with Gasteiger partial charge in [-0.1, -0.05) is 0 Å². The van der Waals surface area contributed by atoms with Gasteiger partial charge in [-0.2, -0.15) is 0 Å². The van der Waals surface area contributed by atoms with Gasteiger partial charge in [-0.05, 0) is 26.8 Å². The van der Waals surface area contributed by atoms with Crippen molar-refractivity contribution in [2.45, 2.75) is 39.3 Å². The quantitative estimate of drug-likeness (QED) is 0.713. The first kappa shape index (κ1) is 14.0. The third kappa shape index (κ3) is 3.30. The van der Waals surface area contributed by atoms with Gasteiger partial charge in [0.05, 0.1) is 6.54 Å². The van der Waals surface area contributed by atoms with Crippen LogP contribution in [0.15, 0.2) is 10.5 Å². The van der Waals surface area contributed by atoms with Gasteiger partial charge in [0, 0.05) is 18.5 Å². The molecule has 0 bridgehead atoms. The lowest BCUT2D eigenvalue weighted by Gasteiger charge is -2.29. The van der Waals surface area contributed by atoms with Crippen molar-refractivity contribution >= 4 is 18.9 Å². The van der Waals surface area contributed by atoms with E-state index in [1.807, 2.05) is 20.8 Å². The molecule has 0 aliphatic carbocycles. The number of rotatable bonds is 1. The molecule has 0 atom stereocenters. The average molecular weight is 267 g/mol. The van der Waals surface area contributed by atoms with Gasteiger partial charge in [-0.15, -0.1) is 0 Å². The van der Waals surface area contributed by atoms with Gasteiger partial charge in [0.15, 0.2) is 0 Å². The van der Waals surface area contributed by atoms with Gasteiger partial charge in [0.2, 0.25) is 0 Å². The van der Waals surface area contributed by atoms with E-state index in [0.717, 1.165) is 5.56 Å². The van der Waals surface area contributed by atoms with Crippen molar-refractivity contribution in [3.8, 4) is 0 Å². The molecule has 2 rings (SSSR count). The summed E-state index contributed by atoms with van der Waals surface area (Å²) in [4.78, 5) is 13.5. The van der Waals surface area contributed by atoms with Crippen LogP contribution in [-0.2, 0) is 17.7 Å². The fraction of sp³-hybridized carbons (Fsp3) is 0.583. The maximum atomic E-state index is 11.9. The average Bonchev–Trinajstić information content (AvgIpc) is 2.69. The summed E-state index contributed by atoms with van der Waals surface area (Å²) in [6.07, 6.45) is 0.173. The maximum Gasteiger partial charge on any atom is 0.526 e. The molecular weight excluding hydrogens is 249 g/mol. The Labute approximate surface area is 112 Å². The van der Waals surface area contributed by atoms with Crippen LogP contribution in [0.4, 0.5) is 4.79 Å². The van der Waals surface area contributed by atoms with E-state index in [1.165, 1.54) is 0 Å². The smallest absolute Gasteiger partial charge is 0.469 e. The molecule has 7 heteroatoms. The van der Waals surface area contributed by atoms with Gasteiger partial charge in [-0.3, -0.25) is 0 Å². The summed E-state index contributed by atoms with van der Waals surface area (Å²) in [7, 11) is -1.62. The van der Waals surface area contributed by atoms with Crippen molar-refractivity contribution in [2.75, 3.05) is 6.54 Å². The second kappa shape index (κ2) is 4.90. The molecule has 1 amide bonds.